The predicted molar refractivity (Wildman–Crippen MR) is 419 cm³/mol. The Kier molecular flexibility index (Phi) is 29.8. The molecule has 490 valence electrons. The van der Waals surface area contributed by atoms with Gasteiger partial charge in [0.2, 0.25) is 0 Å². The molecule has 5 aliphatic heterocycles. The quantitative estimate of drug-likeness (QED) is 0.0571. The summed E-state index contributed by atoms with van der Waals surface area (Å²) in [6.45, 7) is 12.7. The molecule has 8 bridgehead atoms. The van der Waals surface area contributed by atoms with Gasteiger partial charge in [-0.3, -0.25) is 28.3 Å². The predicted octanol–water partition coefficient (Wildman–Crippen LogP) is 15.0. The van der Waals surface area contributed by atoms with E-state index in [1.165, 1.54) is 63.0 Å². The van der Waals surface area contributed by atoms with Gasteiger partial charge in [0.1, 0.15) is 0 Å². The standard InChI is InChI=1S/C61H70N2O11S16Si/c1-61(2,3)91(39-13-9-7-10-14-39,40-15-11-8-12-16-40)74-26-25-68-19-17-62-45(64)41-37-43-44(38-42(41)46(62)65)48(67)63(47(43)66)18-20-69-27-32-81-55-56-82-36-31-73-24-23-72-29-34-79-53-50(76-5)84-58(87-53)57-83-49(75-4)52(86-57)78-33-28-70-21-22-71-30-35-80-54-51(77-6)85-59(88-54)60(89-55)90-56/h7-16,37-38H,17-36H2,1-6H3/b58-57?,60-59-. The maximum atomic E-state index is 13.8. The van der Waals surface area contributed by atoms with Crippen LogP contribution in [0.15, 0.2) is 143 Å². The summed E-state index contributed by atoms with van der Waals surface area (Å²) in [5.74, 6) is 4.11. The van der Waals surface area contributed by atoms with Crippen molar-refractivity contribution in [2.75, 3.05) is 133 Å². The highest BCUT2D eigenvalue weighted by Gasteiger charge is 2.50. The molecular weight excluding hydrogens is 1480 g/mol. The van der Waals surface area contributed by atoms with Crippen LogP contribution in [0, 0.1) is 0 Å². The van der Waals surface area contributed by atoms with Crippen LogP contribution in [0.4, 0.5) is 0 Å². The lowest BCUT2D eigenvalue weighted by Gasteiger charge is -2.43. The normalized spacial score (nSPS) is 19.7. The molecule has 0 saturated carbocycles. The second kappa shape index (κ2) is 36.8. The Labute approximate surface area is 601 Å². The molecule has 3 aromatic carbocycles. The maximum Gasteiger partial charge on any atom is 0.261 e. The second-order valence-electron chi connectivity index (χ2n) is 20.8. The average molecular weight is 1550 g/mol. The Morgan fingerprint density at radius 1 is 0.429 bits per heavy atom. The summed E-state index contributed by atoms with van der Waals surface area (Å²) in [7, 11) is -2.76. The Morgan fingerprint density at radius 3 is 1.12 bits per heavy atom. The smallest absolute Gasteiger partial charge is 0.261 e. The molecule has 0 atom stereocenters. The van der Waals surface area contributed by atoms with Crippen LogP contribution in [0.2, 0.25) is 5.04 Å². The van der Waals surface area contributed by atoms with E-state index in [-0.39, 0.29) is 59.5 Å². The first-order valence-corrected chi connectivity index (χ1v) is 46.1. The first kappa shape index (κ1) is 73.6. The van der Waals surface area contributed by atoms with E-state index in [2.05, 4.69) is 63.8 Å². The number of thioether (sulfide) groups is 16. The van der Waals surface area contributed by atoms with Gasteiger partial charge in [-0.2, -0.15) is 0 Å². The van der Waals surface area contributed by atoms with Crippen molar-refractivity contribution in [1.29, 1.82) is 0 Å². The number of nitrogens with zero attached hydrogens (tertiary/aromatic N) is 2. The number of benzene rings is 3. The fourth-order valence-corrected chi connectivity index (χ4v) is 36.7. The third-order valence-electron chi connectivity index (χ3n) is 14.0. The summed E-state index contributed by atoms with van der Waals surface area (Å²) in [4.78, 5) is 55.0. The molecule has 0 spiro atoms. The maximum absolute atomic E-state index is 13.8. The van der Waals surface area contributed by atoms with Crippen LogP contribution in [-0.4, -0.2) is 151 Å². The minimum atomic E-state index is -2.76. The molecular formula is C61H70N2O11S16Si. The summed E-state index contributed by atoms with van der Waals surface area (Å²) in [5, 5.41) is 2.55. The van der Waals surface area contributed by atoms with Crippen LogP contribution >= 0.6 is 188 Å². The lowest BCUT2D eigenvalue weighted by Crippen LogP contribution is -2.66. The van der Waals surface area contributed by atoms with E-state index in [1.807, 2.05) is 201 Å². The van der Waals surface area contributed by atoms with E-state index < -0.39 is 30.6 Å². The highest BCUT2D eigenvalue weighted by atomic mass is 32.3. The third kappa shape index (κ3) is 18.9. The molecule has 5 aliphatic rings. The van der Waals surface area contributed by atoms with Crippen LogP contribution in [0.5, 0.6) is 0 Å². The van der Waals surface area contributed by atoms with Crippen molar-refractivity contribution in [2.45, 2.75) is 38.9 Å². The fraction of sp³-hybridized carbons (Fsp3) is 0.443. The number of fused-ring (bicyclic) bond motifs is 10. The second-order valence-corrected chi connectivity index (χ2v) is 44.3. The molecule has 2 aromatic heterocycles. The van der Waals surface area contributed by atoms with Crippen molar-refractivity contribution in [3.63, 3.8) is 0 Å². The zero-order valence-corrected chi connectivity index (χ0v) is 65.1. The summed E-state index contributed by atoms with van der Waals surface area (Å²) in [6, 6.07) is 23.5. The number of aromatic nitrogens is 2. The van der Waals surface area contributed by atoms with Crippen LogP contribution in [0.1, 0.15) is 20.8 Å². The zero-order valence-electron chi connectivity index (χ0n) is 51.0. The van der Waals surface area contributed by atoms with Crippen LogP contribution in [-0.2, 0) is 45.9 Å². The first-order valence-electron chi connectivity index (χ1n) is 29.1. The molecule has 7 heterocycles. The van der Waals surface area contributed by atoms with Crippen LogP contribution < -0.4 is 32.6 Å². The van der Waals surface area contributed by atoms with Gasteiger partial charge in [0, 0.05) is 28.8 Å². The van der Waals surface area contributed by atoms with E-state index in [9.17, 15) is 19.2 Å². The summed E-state index contributed by atoms with van der Waals surface area (Å²) in [5.41, 5.74) is -2.07. The van der Waals surface area contributed by atoms with Crippen LogP contribution in [0.25, 0.3) is 21.5 Å². The lowest BCUT2D eigenvalue weighted by atomic mass is 10.1. The molecule has 10 rings (SSSR count). The van der Waals surface area contributed by atoms with Crippen LogP contribution in [0.3, 0.4) is 0 Å². The van der Waals surface area contributed by atoms with E-state index in [0.717, 1.165) is 42.5 Å². The molecule has 91 heavy (non-hydrogen) atoms. The van der Waals surface area contributed by atoms with E-state index in [0.29, 0.717) is 71.8 Å². The molecule has 0 saturated heterocycles. The fourth-order valence-electron chi connectivity index (χ4n) is 9.86. The zero-order chi connectivity index (χ0) is 63.7. The lowest BCUT2D eigenvalue weighted by molar-refractivity contribution is 0.0605. The molecule has 0 unspecified atom stereocenters. The Morgan fingerprint density at radius 2 is 0.769 bits per heavy atom. The van der Waals surface area contributed by atoms with Crippen molar-refractivity contribution in [1.82, 2.24) is 9.13 Å². The molecule has 5 aromatic rings. The van der Waals surface area contributed by atoms with Gasteiger partial charge in [0.15, 0.2) is 0 Å². The van der Waals surface area contributed by atoms with Crippen molar-refractivity contribution < 1.29 is 32.8 Å². The van der Waals surface area contributed by atoms with Gasteiger partial charge >= 0.3 is 0 Å². The Hall–Kier alpha value is -0.0831. The van der Waals surface area contributed by atoms with Gasteiger partial charge in [-0.25, -0.2) is 0 Å². The number of hydrogen-bond donors (Lipinski definition) is 0. The minimum Gasteiger partial charge on any atom is -0.405 e. The average Bonchev–Trinajstić information content (AvgIpc) is 1.74. The number of ether oxygens (including phenoxy) is 6. The van der Waals surface area contributed by atoms with Crippen molar-refractivity contribution in [2.24, 2.45) is 0 Å². The summed E-state index contributed by atoms with van der Waals surface area (Å²) < 4.78 is 61.3. The topological polar surface area (TPSA) is 143 Å². The van der Waals surface area contributed by atoms with Gasteiger partial charge in [-0.15, -0.1) is 94.1 Å². The Bertz CT molecular complexity index is 3650. The SMILES string of the molecule is CSC1=C2SCCOCCOCCSC3=C(SC)S/C(=C4/SC(=C(SCCOCCn5c(=O)c6cc7c(=O)n(CCOCCO[Si](c8ccccc8)(c8ccccc8)C(C)(C)C)c(=O)c7cc6c5=O)S4)SCCOCCOCCSC4=C(SC)SC(=C(S1)S2)S4)S3. The van der Waals surface area contributed by atoms with Gasteiger partial charge in [0.25, 0.3) is 30.6 Å². The summed E-state index contributed by atoms with van der Waals surface area (Å²) in [6.07, 6.45) is 6.48. The molecule has 0 fully saturated rings. The third-order valence-corrected chi connectivity index (χ3v) is 41.6. The highest BCUT2D eigenvalue weighted by molar-refractivity contribution is 8.46. The van der Waals surface area contributed by atoms with Crippen molar-refractivity contribution >= 4 is 228 Å². The molecule has 0 N–H and O–H groups in total. The molecule has 0 aliphatic carbocycles. The van der Waals surface area contributed by atoms with Crippen molar-refractivity contribution in [3.05, 3.63) is 165 Å². The minimum absolute atomic E-state index is 0.00999. The highest BCUT2D eigenvalue weighted by Crippen LogP contribution is 2.67. The van der Waals surface area contributed by atoms with Gasteiger partial charge in [-0.05, 0) is 46.3 Å². The Balaban J connectivity index is 0.708. The van der Waals surface area contributed by atoms with E-state index in [1.54, 1.807) is 23.5 Å². The van der Waals surface area contributed by atoms with Gasteiger partial charge in [-0.1, -0.05) is 176 Å². The molecule has 13 nitrogen and oxygen atoms in total. The van der Waals surface area contributed by atoms with Crippen molar-refractivity contribution in [3.8, 4) is 0 Å². The monoisotopic (exact) mass is 1550 g/mol. The van der Waals surface area contributed by atoms with Gasteiger partial charge in [0.05, 0.1) is 171 Å². The number of hydrogen-bond acceptors (Lipinski definition) is 27. The number of rotatable bonds is 19. The first-order chi connectivity index (χ1) is 44.3. The molecule has 0 radical (unpaired) electrons. The van der Waals surface area contributed by atoms with Gasteiger partial charge < -0.3 is 32.8 Å². The van der Waals surface area contributed by atoms with E-state index in [4.69, 9.17) is 32.8 Å². The molecule has 30 heteroatoms. The largest absolute Gasteiger partial charge is 0.405 e. The van der Waals surface area contributed by atoms with E-state index >= 15 is 0 Å². The summed E-state index contributed by atoms with van der Waals surface area (Å²) >= 11 is 29.6. The molecule has 0 amide bonds.